The Morgan fingerprint density at radius 3 is 2.75 bits per heavy atom. The van der Waals surface area contributed by atoms with Crippen molar-refractivity contribution in [2.24, 2.45) is 0 Å². The van der Waals surface area contributed by atoms with E-state index in [9.17, 15) is 19.4 Å². The molecule has 1 saturated heterocycles. The first-order chi connectivity index (χ1) is 8.95. The zero-order valence-corrected chi connectivity index (χ0v) is 11.7. The van der Waals surface area contributed by atoms with E-state index in [0.717, 1.165) is 4.57 Å². The molecule has 1 aliphatic heterocycles. The highest BCUT2D eigenvalue weighted by Gasteiger charge is 2.55. The first-order valence-corrected chi connectivity index (χ1v) is 6.00. The van der Waals surface area contributed by atoms with E-state index in [4.69, 9.17) is 22.1 Å². The number of aliphatic hydroxyl groups is 2. The highest BCUT2D eigenvalue weighted by molar-refractivity contribution is 6.18. The van der Waals surface area contributed by atoms with Crippen LogP contribution >= 0.6 is 24.0 Å². The smallest absolute Gasteiger partial charge is 0.351 e. The maximum atomic E-state index is 14.1. The summed E-state index contributed by atoms with van der Waals surface area (Å²) in [5.41, 5.74) is 2.86. The molecule has 2 rings (SSSR count). The van der Waals surface area contributed by atoms with Crippen molar-refractivity contribution in [3.05, 3.63) is 22.7 Å². The van der Waals surface area contributed by atoms with Crippen LogP contribution in [-0.2, 0) is 4.74 Å². The molecule has 0 radical (unpaired) electrons. The molecule has 4 atom stereocenters. The topological polar surface area (TPSA) is 111 Å². The van der Waals surface area contributed by atoms with Crippen LogP contribution in [0.4, 0.5) is 10.2 Å². The third kappa shape index (κ3) is 2.61. The SMILES string of the molecule is Cl.Nc1ccn([C@@H]2O[C@@](CO)(CCl)[C@@H](O)[C@H]2F)c(=O)n1. The number of alkyl halides is 2. The molecule has 1 fully saturated rings. The van der Waals surface area contributed by atoms with Gasteiger partial charge >= 0.3 is 5.69 Å². The first-order valence-electron chi connectivity index (χ1n) is 5.46. The average Bonchev–Trinajstić information content (AvgIpc) is 2.64. The number of nitrogen functional groups attached to an aromatic ring is 1. The maximum Gasteiger partial charge on any atom is 0.351 e. The van der Waals surface area contributed by atoms with Gasteiger partial charge in [-0.1, -0.05) is 0 Å². The summed E-state index contributed by atoms with van der Waals surface area (Å²) in [4.78, 5) is 15.1. The van der Waals surface area contributed by atoms with Crippen molar-refractivity contribution >= 4 is 29.8 Å². The second kappa shape index (κ2) is 6.23. The summed E-state index contributed by atoms with van der Waals surface area (Å²) >= 11 is 5.61. The van der Waals surface area contributed by atoms with E-state index in [1.54, 1.807) is 0 Å². The fraction of sp³-hybridized carbons (Fsp3) is 0.600. The summed E-state index contributed by atoms with van der Waals surface area (Å²) in [5.74, 6) is -0.334. The molecule has 2 heterocycles. The molecule has 10 heteroatoms. The van der Waals surface area contributed by atoms with Crippen molar-refractivity contribution < 1.29 is 19.3 Å². The second-order valence-electron chi connectivity index (χ2n) is 4.30. The van der Waals surface area contributed by atoms with Crippen molar-refractivity contribution in [1.29, 1.82) is 0 Å². The van der Waals surface area contributed by atoms with E-state index in [-0.39, 0.29) is 24.1 Å². The standard InChI is InChI=1S/C10H13ClFN3O4.ClH/c11-3-10(4-16)7(17)6(12)8(19-10)15-2-1-5(13)14-9(15)18;/h1-2,6-8,16-17H,3-4H2,(H2,13,14,18);1H/t6-,7+,8-,10-;/m1./s1. The maximum absolute atomic E-state index is 14.1. The van der Waals surface area contributed by atoms with Gasteiger partial charge in [-0.25, -0.2) is 9.18 Å². The largest absolute Gasteiger partial charge is 0.393 e. The van der Waals surface area contributed by atoms with Gasteiger partial charge < -0.3 is 20.7 Å². The Balaban J connectivity index is 0.00000200. The Hall–Kier alpha value is -0.930. The van der Waals surface area contributed by atoms with Gasteiger partial charge in [-0.3, -0.25) is 4.57 Å². The van der Waals surface area contributed by atoms with Crippen LogP contribution in [0.5, 0.6) is 0 Å². The molecule has 0 spiro atoms. The van der Waals surface area contributed by atoms with Crippen molar-refractivity contribution in [3.63, 3.8) is 0 Å². The van der Waals surface area contributed by atoms with Crippen molar-refractivity contribution in [2.45, 2.75) is 24.1 Å². The van der Waals surface area contributed by atoms with Crippen LogP contribution in [0.25, 0.3) is 0 Å². The molecule has 114 valence electrons. The molecule has 0 saturated carbocycles. The summed E-state index contributed by atoms with van der Waals surface area (Å²) in [7, 11) is 0. The van der Waals surface area contributed by atoms with Gasteiger partial charge in [-0.2, -0.15) is 4.98 Å². The Morgan fingerprint density at radius 1 is 1.65 bits per heavy atom. The Bertz CT molecular complexity index is 525. The first kappa shape index (κ1) is 17.1. The van der Waals surface area contributed by atoms with E-state index in [0.29, 0.717) is 0 Å². The van der Waals surface area contributed by atoms with Crippen LogP contribution in [0.2, 0.25) is 0 Å². The van der Waals surface area contributed by atoms with E-state index >= 15 is 0 Å². The molecule has 7 nitrogen and oxygen atoms in total. The zero-order valence-electron chi connectivity index (χ0n) is 10.1. The summed E-state index contributed by atoms with van der Waals surface area (Å²) in [6.07, 6.45) is -3.78. The van der Waals surface area contributed by atoms with Gasteiger partial charge in [0.2, 0.25) is 0 Å². The van der Waals surface area contributed by atoms with Crippen molar-refractivity contribution in [3.8, 4) is 0 Å². The van der Waals surface area contributed by atoms with E-state index in [2.05, 4.69) is 4.98 Å². The highest BCUT2D eigenvalue weighted by atomic mass is 35.5. The number of nitrogens with zero attached hydrogens (tertiary/aromatic N) is 2. The number of nitrogens with two attached hydrogens (primary N) is 1. The number of ether oxygens (including phenoxy) is 1. The number of aliphatic hydroxyl groups excluding tert-OH is 2. The second-order valence-corrected chi connectivity index (χ2v) is 4.56. The lowest BCUT2D eigenvalue weighted by atomic mass is 9.99. The molecule has 0 aliphatic carbocycles. The minimum absolute atomic E-state index is 0. The fourth-order valence-electron chi connectivity index (χ4n) is 1.93. The predicted molar refractivity (Wildman–Crippen MR) is 71.7 cm³/mol. The Labute approximate surface area is 124 Å². The highest BCUT2D eigenvalue weighted by Crippen LogP contribution is 2.39. The number of hydrogen-bond donors (Lipinski definition) is 3. The number of rotatable bonds is 3. The molecule has 0 amide bonds. The van der Waals surface area contributed by atoms with Crippen molar-refractivity contribution in [1.82, 2.24) is 9.55 Å². The van der Waals surface area contributed by atoms with Gasteiger partial charge in [0.05, 0.1) is 12.5 Å². The van der Waals surface area contributed by atoms with Crippen LogP contribution < -0.4 is 11.4 Å². The summed E-state index contributed by atoms with van der Waals surface area (Å²) in [6.45, 7) is -0.675. The molecular weight excluding hydrogens is 316 g/mol. The van der Waals surface area contributed by atoms with Gasteiger partial charge in [0.1, 0.15) is 17.5 Å². The molecule has 4 N–H and O–H groups in total. The number of anilines is 1. The fourth-order valence-corrected chi connectivity index (χ4v) is 2.24. The van der Waals surface area contributed by atoms with Crippen molar-refractivity contribution in [2.75, 3.05) is 18.2 Å². The minimum Gasteiger partial charge on any atom is -0.393 e. The summed E-state index contributed by atoms with van der Waals surface area (Å²) in [5, 5.41) is 19.0. The molecule has 0 aromatic carbocycles. The quantitative estimate of drug-likeness (QED) is 0.641. The number of hydrogen-bond acceptors (Lipinski definition) is 6. The molecule has 0 bridgehead atoms. The van der Waals surface area contributed by atoms with Gasteiger partial charge in [0.25, 0.3) is 0 Å². The van der Waals surface area contributed by atoms with E-state index < -0.39 is 36.4 Å². The zero-order chi connectivity index (χ0) is 14.2. The lowest BCUT2D eigenvalue weighted by Crippen LogP contribution is -2.47. The summed E-state index contributed by atoms with van der Waals surface area (Å²) in [6, 6.07) is 1.30. The van der Waals surface area contributed by atoms with Gasteiger partial charge in [0.15, 0.2) is 12.4 Å². The molecule has 20 heavy (non-hydrogen) atoms. The van der Waals surface area contributed by atoms with Gasteiger partial charge in [-0.05, 0) is 6.07 Å². The van der Waals surface area contributed by atoms with Gasteiger partial charge in [-0.15, -0.1) is 24.0 Å². The summed E-state index contributed by atoms with van der Waals surface area (Å²) < 4.78 is 20.2. The Morgan fingerprint density at radius 2 is 2.30 bits per heavy atom. The third-order valence-corrected chi connectivity index (χ3v) is 3.54. The van der Waals surface area contributed by atoms with Crippen LogP contribution in [0.3, 0.4) is 0 Å². The molecule has 0 unspecified atom stereocenters. The van der Waals surface area contributed by atoms with Crippen LogP contribution in [0.1, 0.15) is 6.23 Å². The van der Waals surface area contributed by atoms with Gasteiger partial charge in [0, 0.05) is 6.20 Å². The lowest BCUT2D eigenvalue weighted by Gasteiger charge is -2.26. The van der Waals surface area contributed by atoms with E-state index in [1.807, 2.05) is 0 Å². The number of halogens is 3. The van der Waals surface area contributed by atoms with Crippen LogP contribution in [0, 0.1) is 0 Å². The average molecular weight is 330 g/mol. The monoisotopic (exact) mass is 329 g/mol. The Kier molecular flexibility index (Phi) is 5.33. The molecule has 1 aromatic heterocycles. The van der Waals surface area contributed by atoms with Crippen LogP contribution in [-0.4, -0.2) is 50.1 Å². The molecule has 1 aliphatic rings. The molecular formula is C10H14Cl2FN3O4. The van der Waals surface area contributed by atoms with E-state index in [1.165, 1.54) is 12.3 Å². The third-order valence-electron chi connectivity index (χ3n) is 3.09. The molecule has 1 aromatic rings. The van der Waals surface area contributed by atoms with Crippen LogP contribution in [0.15, 0.2) is 17.1 Å². The lowest BCUT2D eigenvalue weighted by molar-refractivity contribution is -0.115. The normalized spacial score (nSPS) is 32.9. The predicted octanol–water partition coefficient (Wildman–Crippen LogP) is -0.555. The number of aromatic nitrogens is 2. The minimum atomic E-state index is -1.92.